The summed E-state index contributed by atoms with van der Waals surface area (Å²) >= 11 is 3.17. The lowest BCUT2D eigenvalue weighted by atomic mass is 10.4. The second-order valence-corrected chi connectivity index (χ2v) is 1.82. The number of rotatable bonds is 1. The van der Waals surface area contributed by atoms with E-state index >= 15 is 0 Å². The van der Waals surface area contributed by atoms with Crippen LogP contribution in [0.25, 0.3) is 0 Å². The number of hydrogen-bond acceptors (Lipinski definition) is 1. The van der Waals surface area contributed by atoms with E-state index in [2.05, 4.69) is 20.9 Å². The predicted molar refractivity (Wildman–Crippen MR) is 36.6 cm³/mol. The first-order chi connectivity index (χ1) is 3.93. The summed E-state index contributed by atoms with van der Waals surface area (Å²) in [5.41, 5.74) is 0.951. The van der Waals surface area contributed by atoms with Gasteiger partial charge in [-0.3, -0.25) is 4.98 Å². The van der Waals surface area contributed by atoms with Crippen molar-refractivity contribution >= 4 is 15.9 Å². The van der Waals surface area contributed by atoms with Gasteiger partial charge in [0.15, 0.2) is 0 Å². The molecule has 0 aliphatic carbocycles. The van der Waals surface area contributed by atoms with Gasteiger partial charge in [0.2, 0.25) is 0 Å². The van der Waals surface area contributed by atoms with Gasteiger partial charge in [-0.05, 0) is 12.1 Å². The second-order valence-electron chi connectivity index (χ2n) is 1.36. The lowest BCUT2D eigenvalue weighted by molar-refractivity contribution is 1.26. The second kappa shape index (κ2) is 2.82. The van der Waals surface area contributed by atoms with Crippen molar-refractivity contribution in [1.29, 1.82) is 0 Å². The highest BCUT2D eigenvalue weighted by atomic mass is 79.9. The number of aromatic nitrogens is 1. The van der Waals surface area contributed by atoms with Crippen LogP contribution in [0.1, 0.15) is 5.69 Å². The lowest BCUT2D eigenvalue weighted by Gasteiger charge is -1.87. The first-order valence-electron chi connectivity index (χ1n) is 2.28. The van der Waals surface area contributed by atoms with Crippen molar-refractivity contribution < 1.29 is 0 Å². The topological polar surface area (TPSA) is 12.9 Å². The molecule has 1 aromatic heterocycles. The third-order valence-corrected chi connectivity index (χ3v) is 1.27. The molecule has 1 aromatic rings. The summed E-state index contributed by atoms with van der Waals surface area (Å²) in [6.45, 7) is 0. The van der Waals surface area contributed by atoms with Crippen LogP contribution < -0.4 is 0 Å². The molecule has 1 rings (SSSR count). The van der Waals surface area contributed by atoms with Crippen LogP contribution in [0, 0.1) is 5.33 Å². The van der Waals surface area contributed by atoms with Crippen LogP contribution in [0.3, 0.4) is 0 Å². The Hall–Kier alpha value is -0.370. The molecule has 1 nitrogen and oxygen atoms in total. The van der Waals surface area contributed by atoms with Gasteiger partial charge >= 0.3 is 0 Å². The summed E-state index contributed by atoms with van der Waals surface area (Å²) in [5.74, 6) is 0. The van der Waals surface area contributed by atoms with Crippen molar-refractivity contribution in [2.75, 3.05) is 0 Å². The van der Waals surface area contributed by atoms with Crippen LogP contribution in [-0.4, -0.2) is 4.98 Å². The molecule has 0 amide bonds. The average molecular weight is 171 g/mol. The molecule has 0 aliphatic heterocycles. The SMILES string of the molecule is Br[CH]c1ccccn1. The minimum atomic E-state index is 0.951. The molecule has 0 saturated carbocycles. The molecular weight excluding hydrogens is 166 g/mol. The first kappa shape index (κ1) is 5.76. The maximum absolute atomic E-state index is 3.99. The quantitative estimate of drug-likeness (QED) is 0.629. The van der Waals surface area contributed by atoms with E-state index in [1.54, 1.807) is 11.5 Å². The zero-order chi connectivity index (χ0) is 5.82. The Kier molecular flexibility index (Phi) is 2.03. The molecule has 41 valence electrons. The first-order valence-corrected chi connectivity index (χ1v) is 3.19. The largest absolute Gasteiger partial charge is 0.260 e. The monoisotopic (exact) mass is 170 g/mol. The van der Waals surface area contributed by atoms with Crippen LogP contribution in [0.5, 0.6) is 0 Å². The Morgan fingerprint density at radius 3 is 2.75 bits per heavy atom. The lowest BCUT2D eigenvalue weighted by Crippen LogP contribution is -1.76. The fourth-order valence-corrected chi connectivity index (χ4v) is 0.711. The van der Waals surface area contributed by atoms with Crippen LogP contribution in [0.2, 0.25) is 0 Å². The summed E-state index contributed by atoms with van der Waals surface area (Å²) in [6.07, 6.45) is 1.76. The summed E-state index contributed by atoms with van der Waals surface area (Å²) in [4.78, 5) is 3.99. The van der Waals surface area contributed by atoms with Crippen LogP contribution in [-0.2, 0) is 0 Å². The van der Waals surface area contributed by atoms with Gasteiger partial charge in [-0.15, -0.1) is 0 Å². The molecule has 0 aliphatic rings. The Morgan fingerprint density at radius 1 is 1.50 bits per heavy atom. The summed E-state index contributed by atoms with van der Waals surface area (Å²) in [7, 11) is 0. The Bertz CT molecular complexity index is 150. The highest BCUT2D eigenvalue weighted by Crippen LogP contribution is 2.01. The van der Waals surface area contributed by atoms with Crippen molar-refractivity contribution in [3.63, 3.8) is 0 Å². The van der Waals surface area contributed by atoms with Gasteiger partial charge in [0, 0.05) is 6.20 Å². The average Bonchev–Trinajstić information content (AvgIpc) is 1.90. The fraction of sp³-hybridized carbons (Fsp3) is 0. The molecule has 0 saturated heterocycles. The smallest absolute Gasteiger partial charge is 0.0749 e. The molecule has 1 radical (unpaired) electrons. The molecule has 0 N–H and O–H groups in total. The zero-order valence-corrected chi connectivity index (χ0v) is 5.80. The third kappa shape index (κ3) is 1.30. The van der Waals surface area contributed by atoms with Crippen LogP contribution in [0.4, 0.5) is 0 Å². The van der Waals surface area contributed by atoms with Gasteiger partial charge in [-0.25, -0.2) is 0 Å². The summed E-state index contributed by atoms with van der Waals surface area (Å²) < 4.78 is 0. The molecule has 0 spiro atoms. The number of hydrogen-bond donors (Lipinski definition) is 0. The van der Waals surface area contributed by atoms with Crippen molar-refractivity contribution in [2.24, 2.45) is 0 Å². The molecule has 0 aromatic carbocycles. The van der Waals surface area contributed by atoms with E-state index in [9.17, 15) is 0 Å². The Morgan fingerprint density at radius 2 is 2.38 bits per heavy atom. The van der Waals surface area contributed by atoms with Gasteiger partial charge in [0.05, 0.1) is 11.0 Å². The maximum Gasteiger partial charge on any atom is 0.0749 e. The summed E-state index contributed by atoms with van der Waals surface area (Å²) in [6, 6.07) is 5.76. The van der Waals surface area contributed by atoms with E-state index in [1.165, 1.54) is 0 Å². The van der Waals surface area contributed by atoms with E-state index < -0.39 is 0 Å². The minimum Gasteiger partial charge on any atom is -0.260 e. The molecular formula is C6H5BrN. The van der Waals surface area contributed by atoms with Gasteiger partial charge in [0.1, 0.15) is 0 Å². The van der Waals surface area contributed by atoms with E-state index in [0.717, 1.165) is 5.69 Å². The maximum atomic E-state index is 3.99. The molecule has 2 heteroatoms. The molecule has 0 unspecified atom stereocenters. The molecule has 8 heavy (non-hydrogen) atoms. The van der Waals surface area contributed by atoms with Gasteiger partial charge < -0.3 is 0 Å². The van der Waals surface area contributed by atoms with Gasteiger partial charge in [-0.1, -0.05) is 22.0 Å². The molecule has 1 heterocycles. The van der Waals surface area contributed by atoms with E-state index in [-0.39, 0.29) is 0 Å². The zero-order valence-electron chi connectivity index (χ0n) is 4.21. The minimum absolute atomic E-state index is 0.951. The Balaban J connectivity index is 2.83. The van der Waals surface area contributed by atoms with Crippen molar-refractivity contribution in [3.8, 4) is 0 Å². The normalized spacial score (nSPS) is 9.12. The summed E-state index contributed by atoms with van der Waals surface area (Å²) in [5, 5.41) is 1.78. The van der Waals surface area contributed by atoms with Crippen molar-refractivity contribution in [1.82, 2.24) is 4.98 Å². The van der Waals surface area contributed by atoms with Gasteiger partial charge in [-0.2, -0.15) is 0 Å². The van der Waals surface area contributed by atoms with E-state index in [1.807, 2.05) is 18.2 Å². The van der Waals surface area contributed by atoms with E-state index in [0.29, 0.717) is 0 Å². The fourth-order valence-electron chi connectivity index (χ4n) is 0.441. The molecule has 0 bridgehead atoms. The van der Waals surface area contributed by atoms with Gasteiger partial charge in [0.25, 0.3) is 0 Å². The number of halogens is 1. The predicted octanol–water partition coefficient (Wildman–Crippen LogP) is 1.99. The number of nitrogens with zero attached hydrogens (tertiary/aromatic N) is 1. The Labute approximate surface area is 56.9 Å². The van der Waals surface area contributed by atoms with Crippen molar-refractivity contribution in [3.05, 3.63) is 35.4 Å². The molecule has 0 atom stereocenters. The van der Waals surface area contributed by atoms with Crippen molar-refractivity contribution in [2.45, 2.75) is 0 Å². The van der Waals surface area contributed by atoms with Crippen LogP contribution in [0.15, 0.2) is 24.4 Å². The highest BCUT2D eigenvalue weighted by Gasteiger charge is 1.83. The standard InChI is InChI=1S/C6H5BrN/c7-5-6-3-1-2-4-8-6/h1-5H. The third-order valence-electron chi connectivity index (χ3n) is 0.800. The molecule has 0 fully saturated rings. The highest BCUT2D eigenvalue weighted by molar-refractivity contribution is 9.10. The van der Waals surface area contributed by atoms with Crippen LogP contribution >= 0.6 is 15.9 Å². The van der Waals surface area contributed by atoms with E-state index in [4.69, 9.17) is 0 Å². The number of pyridine rings is 1.